The zero-order chi connectivity index (χ0) is 18.9. The van der Waals surface area contributed by atoms with Crippen LogP contribution in [0, 0.1) is 6.92 Å². The summed E-state index contributed by atoms with van der Waals surface area (Å²) in [4.78, 5) is 28.7. The van der Waals surface area contributed by atoms with Gasteiger partial charge < -0.3 is 5.32 Å². The van der Waals surface area contributed by atoms with Crippen molar-refractivity contribution in [2.75, 3.05) is 5.32 Å². The number of aromatic nitrogens is 2. The van der Waals surface area contributed by atoms with Gasteiger partial charge in [0.25, 0.3) is 5.56 Å². The number of anilines is 1. The number of alkyl halides is 3. The molecule has 1 heterocycles. The molecule has 0 spiro atoms. The van der Waals surface area contributed by atoms with E-state index in [0.717, 1.165) is 22.3 Å². The maximum atomic E-state index is 12.7. The standard InChI is InChI=1S/C18H14F3N3O2/c1-11-4-2-7-14-16(11)22-10-24(17(14)26)9-15(25)23-13-6-3-5-12(8-13)18(19,20)21/h2-8,10H,9H2,1H3,(H,23,25). The first-order valence-electron chi connectivity index (χ1n) is 7.67. The van der Waals surface area contributed by atoms with Gasteiger partial charge in [-0.1, -0.05) is 18.2 Å². The number of nitrogens with zero attached hydrogens (tertiary/aromatic N) is 2. The third-order valence-corrected chi connectivity index (χ3v) is 3.84. The molecule has 5 nitrogen and oxygen atoms in total. The molecule has 1 amide bonds. The summed E-state index contributed by atoms with van der Waals surface area (Å²) in [7, 11) is 0. The van der Waals surface area contributed by atoms with Gasteiger partial charge >= 0.3 is 6.18 Å². The molecule has 3 aromatic rings. The lowest BCUT2D eigenvalue weighted by Gasteiger charge is -2.11. The lowest BCUT2D eigenvalue weighted by molar-refractivity contribution is -0.137. The molecule has 26 heavy (non-hydrogen) atoms. The minimum atomic E-state index is -4.50. The maximum absolute atomic E-state index is 12.7. The van der Waals surface area contributed by atoms with E-state index in [0.29, 0.717) is 10.9 Å². The number of nitrogens with one attached hydrogen (secondary N) is 1. The highest BCUT2D eigenvalue weighted by Crippen LogP contribution is 2.30. The minimum Gasteiger partial charge on any atom is -0.325 e. The Balaban J connectivity index is 1.82. The SMILES string of the molecule is Cc1cccc2c(=O)n(CC(=O)Nc3cccc(C(F)(F)F)c3)cnc12. The summed E-state index contributed by atoms with van der Waals surface area (Å²) in [5.74, 6) is -0.625. The molecule has 0 aliphatic heterocycles. The molecule has 0 aliphatic carbocycles. The molecule has 0 saturated heterocycles. The molecule has 0 aliphatic rings. The largest absolute Gasteiger partial charge is 0.416 e. The zero-order valence-electron chi connectivity index (χ0n) is 13.7. The van der Waals surface area contributed by atoms with Gasteiger partial charge in [-0.15, -0.1) is 0 Å². The topological polar surface area (TPSA) is 64.0 Å². The normalized spacial score (nSPS) is 11.5. The Morgan fingerprint density at radius 2 is 1.92 bits per heavy atom. The van der Waals surface area contributed by atoms with Crippen molar-refractivity contribution in [3.05, 3.63) is 70.3 Å². The quantitative estimate of drug-likeness (QED) is 0.778. The van der Waals surface area contributed by atoms with Crippen LogP contribution in [0.2, 0.25) is 0 Å². The fourth-order valence-electron chi connectivity index (χ4n) is 2.58. The Morgan fingerprint density at radius 3 is 2.65 bits per heavy atom. The monoisotopic (exact) mass is 361 g/mol. The number of rotatable bonds is 3. The van der Waals surface area contributed by atoms with E-state index in [-0.39, 0.29) is 12.2 Å². The first kappa shape index (κ1) is 17.7. The molecule has 8 heteroatoms. The number of hydrogen-bond donors (Lipinski definition) is 1. The molecule has 0 atom stereocenters. The van der Waals surface area contributed by atoms with Gasteiger partial charge in [0.1, 0.15) is 6.54 Å². The van der Waals surface area contributed by atoms with Crippen molar-refractivity contribution in [3.8, 4) is 0 Å². The Hall–Kier alpha value is -3.16. The number of para-hydroxylation sites is 1. The summed E-state index contributed by atoms with van der Waals surface area (Å²) in [6, 6.07) is 9.44. The van der Waals surface area contributed by atoms with Gasteiger partial charge in [0.05, 0.1) is 22.8 Å². The Labute approximate surface area is 146 Å². The molecule has 1 N–H and O–H groups in total. The molecule has 0 radical (unpaired) electrons. The second-order valence-corrected chi connectivity index (χ2v) is 5.78. The number of carbonyl (C=O) groups excluding carboxylic acids is 1. The maximum Gasteiger partial charge on any atom is 0.416 e. The van der Waals surface area contributed by atoms with Gasteiger partial charge in [0, 0.05) is 5.69 Å². The van der Waals surface area contributed by atoms with Crippen LogP contribution in [0.5, 0.6) is 0 Å². The minimum absolute atomic E-state index is 0.00228. The molecule has 0 saturated carbocycles. The molecule has 134 valence electrons. The van der Waals surface area contributed by atoms with Crippen LogP contribution in [0.4, 0.5) is 18.9 Å². The third-order valence-electron chi connectivity index (χ3n) is 3.84. The number of amides is 1. The summed E-state index contributed by atoms with van der Waals surface area (Å²) in [5.41, 5.74) is 0.128. The van der Waals surface area contributed by atoms with Crippen LogP contribution in [0.3, 0.4) is 0 Å². The van der Waals surface area contributed by atoms with Crippen molar-refractivity contribution in [2.24, 2.45) is 0 Å². The van der Waals surface area contributed by atoms with Gasteiger partial charge in [-0.25, -0.2) is 4.98 Å². The van der Waals surface area contributed by atoms with Crippen LogP contribution in [0.25, 0.3) is 10.9 Å². The average molecular weight is 361 g/mol. The van der Waals surface area contributed by atoms with E-state index in [2.05, 4.69) is 10.3 Å². The fraction of sp³-hybridized carbons (Fsp3) is 0.167. The molecule has 3 rings (SSSR count). The van der Waals surface area contributed by atoms with Crippen molar-refractivity contribution in [1.29, 1.82) is 0 Å². The van der Waals surface area contributed by atoms with Crippen molar-refractivity contribution in [2.45, 2.75) is 19.6 Å². The average Bonchev–Trinajstić information content (AvgIpc) is 2.57. The molecule has 2 aromatic carbocycles. The number of fused-ring (bicyclic) bond motifs is 1. The lowest BCUT2D eigenvalue weighted by atomic mass is 10.1. The highest BCUT2D eigenvalue weighted by Gasteiger charge is 2.30. The number of carbonyl (C=O) groups is 1. The van der Waals surface area contributed by atoms with E-state index in [4.69, 9.17) is 0 Å². The van der Waals surface area contributed by atoms with E-state index in [1.807, 2.05) is 13.0 Å². The van der Waals surface area contributed by atoms with E-state index < -0.39 is 23.2 Å². The first-order chi connectivity index (χ1) is 12.3. The summed E-state index contributed by atoms with van der Waals surface area (Å²) in [5, 5.41) is 2.74. The molecule has 0 fully saturated rings. The van der Waals surface area contributed by atoms with Crippen LogP contribution < -0.4 is 10.9 Å². The van der Waals surface area contributed by atoms with Gasteiger partial charge in [-0.3, -0.25) is 14.2 Å². The van der Waals surface area contributed by atoms with Crippen LogP contribution in [-0.4, -0.2) is 15.5 Å². The van der Waals surface area contributed by atoms with Gasteiger partial charge in [0.2, 0.25) is 5.91 Å². The predicted molar refractivity (Wildman–Crippen MR) is 90.8 cm³/mol. The fourth-order valence-corrected chi connectivity index (χ4v) is 2.58. The number of halogens is 3. The Kier molecular flexibility index (Phi) is 4.50. The number of hydrogen-bond acceptors (Lipinski definition) is 3. The molecular weight excluding hydrogens is 347 g/mol. The second kappa shape index (κ2) is 6.62. The van der Waals surface area contributed by atoms with Gasteiger partial charge in [-0.2, -0.15) is 13.2 Å². The van der Waals surface area contributed by atoms with Gasteiger partial charge in [-0.05, 0) is 36.8 Å². The number of aryl methyl sites for hydroxylation is 1. The molecule has 0 unspecified atom stereocenters. The van der Waals surface area contributed by atoms with Crippen molar-refractivity contribution in [3.63, 3.8) is 0 Å². The van der Waals surface area contributed by atoms with Crippen LogP contribution in [0.1, 0.15) is 11.1 Å². The van der Waals surface area contributed by atoms with Gasteiger partial charge in [0.15, 0.2) is 0 Å². The number of benzene rings is 2. The smallest absolute Gasteiger partial charge is 0.325 e. The summed E-state index contributed by atoms with van der Waals surface area (Å²) >= 11 is 0. The summed E-state index contributed by atoms with van der Waals surface area (Å²) in [6.07, 6.45) is -3.25. The van der Waals surface area contributed by atoms with Crippen molar-refractivity contribution >= 4 is 22.5 Å². The van der Waals surface area contributed by atoms with Crippen molar-refractivity contribution < 1.29 is 18.0 Å². The van der Waals surface area contributed by atoms with E-state index in [9.17, 15) is 22.8 Å². The van der Waals surface area contributed by atoms with Crippen molar-refractivity contribution in [1.82, 2.24) is 9.55 Å². The van der Waals surface area contributed by atoms with Crippen LogP contribution in [-0.2, 0) is 17.5 Å². The molecule has 0 bridgehead atoms. The van der Waals surface area contributed by atoms with E-state index in [1.54, 1.807) is 12.1 Å². The summed E-state index contributed by atoms with van der Waals surface area (Å²) < 4.78 is 39.3. The molecule has 1 aromatic heterocycles. The third kappa shape index (κ3) is 3.58. The Bertz CT molecular complexity index is 1040. The zero-order valence-corrected chi connectivity index (χ0v) is 13.7. The first-order valence-corrected chi connectivity index (χ1v) is 7.67. The Morgan fingerprint density at radius 1 is 1.19 bits per heavy atom. The van der Waals surface area contributed by atoms with Crippen LogP contribution >= 0.6 is 0 Å². The predicted octanol–water partition coefficient (Wildman–Crippen LogP) is 3.36. The summed E-state index contributed by atoms with van der Waals surface area (Å²) in [6.45, 7) is 1.46. The molecular formula is C18H14F3N3O2. The van der Waals surface area contributed by atoms with E-state index in [1.165, 1.54) is 18.5 Å². The highest BCUT2D eigenvalue weighted by molar-refractivity contribution is 5.91. The van der Waals surface area contributed by atoms with E-state index >= 15 is 0 Å². The highest BCUT2D eigenvalue weighted by atomic mass is 19.4. The second-order valence-electron chi connectivity index (χ2n) is 5.78. The lowest BCUT2D eigenvalue weighted by Crippen LogP contribution is -2.28. The van der Waals surface area contributed by atoms with Crippen LogP contribution in [0.15, 0.2) is 53.6 Å².